The molecule has 0 unspecified atom stereocenters. The summed E-state index contributed by atoms with van der Waals surface area (Å²) in [5.74, 6) is 0.701. The van der Waals surface area contributed by atoms with E-state index in [0.29, 0.717) is 6.54 Å². The van der Waals surface area contributed by atoms with Crippen LogP contribution in [0.3, 0.4) is 0 Å². The smallest absolute Gasteiger partial charge is 0.260 e. The molecule has 0 radical (unpaired) electrons. The first-order chi connectivity index (χ1) is 9.13. The highest BCUT2D eigenvalue weighted by Gasteiger charge is 2.09. The number of hydrogen-bond donors (Lipinski definition) is 1. The number of carbonyl (C=O) groups excluding carboxylic acids is 1. The molecule has 0 bridgehead atoms. The molecule has 19 heavy (non-hydrogen) atoms. The molecule has 4 nitrogen and oxygen atoms in total. The molecular formula is C15H23NO3. The average Bonchev–Trinajstić information content (AvgIpc) is 2.41. The lowest BCUT2D eigenvalue weighted by atomic mass is 10.2. The third-order valence-corrected chi connectivity index (χ3v) is 2.93. The van der Waals surface area contributed by atoms with Crippen molar-refractivity contribution in [1.82, 2.24) is 4.90 Å². The van der Waals surface area contributed by atoms with Crippen molar-refractivity contribution < 1.29 is 14.6 Å². The molecule has 1 N–H and O–H groups in total. The number of rotatable bonds is 8. The highest BCUT2D eigenvalue weighted by molar-refractivity contribution is 5.77. The van der Waals surface area contributed by atoms with Crippen LogP contribution in [0.25, 0.3) is 0 Å². The first kappa shape index (κ1) is 15.5. The van der Waals surface area contributed by atoms with Crippen molar-refractivity contribution in [2.24, 2.45) is 0 Å². The predicted molar refractivity (Wildman–Crippen MR) is 75.2 cm³/mol. The lowest BCUT2D eigenvalue weighted by Gasteiger charge is -2.17. The van der Waals surface area contributed by atoms with Crippen LogP contribution >= 0.6 is 0 Å². The van der Waals surface area contributed by atoms with Crippen LogP contribution in [0, 0.1) is 6.92 Å². The van der Waals surface area contributed by atoms with Crippen molar-refractivity contribution in [1.29, 1.82) is 0 Å². The molecule has 0 aliphatic heterocycles. The Bertz CT molecular complexity index is 393. The van der Waals surface area contributed by atoms with Crippen LogP contribution in [0.4, 0.5) is 0 Å². The van der Waals surface area contributed by atoms with E-state index in [1.165, 1.54) is 0 Å². The van der Waals surface area contributed by atoms with Crippen molar-refractivity contribution >= 4 is 5.91 Å². The summed E-state index contributed by atoms with van der Waals surface area (Å²) in [5, 5.41) is 8.67. The molecule has 0 aliphatic carbocycles. The normalized spacial score (nSPS) is 10.3. The molecule has 106 valence electrons. The first-order valence-corrected chi connectivity index (χ1v) is 6.68. The van der Waals surface area contributed by atoms with E-state index in [4.69, 9.17) is 9.84 Å². The Labute approximate surface area is 115 Å². The van der Waals surface area contributed by atoms with Gasteiger partial charge in [-0.25, -0.2) is 0 Å². The number of unbranched alkanes of at least 4 members (excludes halogenated alkanes) is 2. The van der Waals surface area contributed by atoms with Gasteiger partial charge in [0.2, 0.25) is 0 Å². The molecule has 1 aromatic carbocycles. The van der Waals surface area contributed by atoms with E-state index >= 15 is 0 Å². The average molecular weight is 265 g/mol. The number of hydrogen-bond acceptors (Lipinski definition) is 3. The van der Waals surface area contributed by atoms with Crippen LogP contribution in [-0.4, -0.2) is 42.7 Å². The number of amides is 1. The SMILES string of the molecule is Cc1cccc(OCC(=O)N(C)CCCCCO)c1. The van der Waals surface area contributed by atoms with Crippen molar-refractivity contribution in [3.8, 4) is 5.75 Å². The van der Waals surface area contributed by atoms with E-state index < -0.39 is 0 Å². The van der Waals surface area contributed by atoms with E-state index in [0.717, 1.165) is 30.6 Å². The van der Waals surface area contributed by atoms with Gasteiger partial charge in [-0.15, -0.1) is 0 Å². The first-order valence-electron chi connectivity index (χ1n) is 6.68. The van der Waals surface area contributed by atoms with Crippen molar-refractivity contribution in [2.75, 3.05) is 26.8 Å². The highest BCUT2D eigenvalue weighted by Crippen LogP contribution is 2.12. The minimum Gasteiger partial charge on any atom is -0.484 e. The van der Waals surface area contributed by atoms with Crippen LogP contribution < -0.4 is 4.74 Å². The molecule has 0 saturated carbocycles. The molecule has 1 amide bonds. The Morgan fingerprint density at radius 1 is 1.32 bits per heavy atom. The fraction of sp³-hybridized carbons (Fsp3) is 0.533. The molecule has 0 saturated heterocycles. The zero-order chi connectivity index (χ0) is 14.1. The maximum Gasteiger partial charge on any atom is 0.260 e. The standard InChI is InChI=1S/C15H23NO3/c1-13-7-6-8-14(11-13)19-12-15(18)16(2)9-4-3-5-10-17/h6-8,11,17H,3-5,9-10,12H2,1-2H3. The summed E-state index contributed by atoms with van der Waals surface area (Å²) in [5.41, 5.74) is 1.11. The van der Waals surface area contributed by atoms with Gasteiger partial charge in [0.1, 0.15) is 5.75 Å². The van der Waals surface area contributed by atoms with Crippen molar-refractivity contribution in [3.63, 3.8) is 0 Å². The largest absolute Gasteiger partial charge is 0.484 e. The van der Waals surface area contributed by atoms with Gasteiger partial charge in [-0.3, -0.25) is 4.79 Å². The van der Waals surface area contributed by atoms with E-state index in [9.17, 15) is 4.79 Å². The van der Waals surface area contributed by atoms with Crippen LogP contribution in [0.2, 0.25) is 0 Å². The lowest BCUT2D eigenvalue weighted by Crippen LogP contribution is -2.32. The van der Waals surface area contributed by atoms with Crippen LogP contribution in [0.15, 0.2) is 24.3 Å². The predicted octanol–water partition coefficient (Wildman–Crippen LogP) is 1.99. The summed E-state index contributed by atoms with van der Waals surface area (Å²) in [6.45, 7) is 2.98. The number of aryl methyl sites for hydroxylation is 1. The summed E-state index contributed by atoms with van der Waals surface area (Å²) in [7, 11) is 1.78. The number of aliphatic hydroxyl groups excluding tert-OH is 1. The zero-order valence-corrected chi connectivity index (χ0v) is 11.8. The second kappa shape index (κ2) is 8.53. The van der Waals surface area contributed by atoms with Gasteiger partial charge >= 0.3 is 0 Å². The van der Waals surface area contributed by atoms with Gasteiger partial charge in [0.25, 0.3) is 5.91 Å². The topological polar surface area (TPSA) is 49.8 Å². The van der Waals surface area contributed by atoms with Crippen LogP contribution in [0.1, 0.15) is 24.8 Å². The van der Waals surface area contributed by atoms with Gasteiger partial charge in [0.15, 0.2) is 6.61 Å². The Morgan fingerprint density at radius 3 is 2.79 bits per heavy atom. The molecule has 0 fully saturated rings. The number of aliphatic hydroxyl groups is 1. The summed E-state index contributed by atoms with van der Waals surface area (Å²) >= 11 is 0. The molecule has 0 aromatic heterocycles. The quantitative estimate of drug-likeness (QED) is 0.731. The number of benzene rings is 1. The minimum absolute atomic E-state index is 0.0227. The lowest BCUT2D eigenvalue weighted by molar-refractivity contribution is -0.132. The monoisotopic (exact) mass is 265 g/mol. The van der Waals surface area contributed by atoms with Gasteiger partial charge in [-0.1, -0.05) is 12.1 Å². The van der Waals surface area contributed by atoms with Gasteiger partial charge in [0.05, 0.1) is 0 Å². The van der Waals surface area contributed by atoms with Crippen molar-refractivity contribution in [2.45, 2.75) is 26.2 Å². The fourth-order valence-electron chi connectivity index (χ4n) is 1.72. The number of carbonyl (C=O) groups is 1. The second-order valence-electron chi connectivity index (χ2n) is 4.70. The van der Waals surface area contributed by atoms with Gasteiger partial charge < -0.3 is 14.7 Å². The maximum absolute atomic E-state index is 11.8. The molecule has 0 atom stereocenters. The van der Waals surface area contributed by atoms with E-state index in [-0.39, 0.29) is 19.1 Å². The fourth-order valence-corrected chi connectivity index (χ4v) is 1.72. The van der Waals surface area contributed by atoms with E-state index in [2.05, 4.69) is 0 Å². The molecular weight excluding hydrogens is 242 g/mol. The molecule has 0 spiro atoms. The molecule has 1 rings (SSSR count). The third-order valence-electron chi connectivity index (χ3n) is 2.93. The second-order valence-corrected chi connectivity index (χ2v) is 4.70. The molecule has 0 aliphatic rings. The van der Waals surface area contributed by atoms with Crippen LogP contribution in [0.5, 0.6) is 5.75 Å². The Morgan fingerprint density at radius 2 is 2.11 bits per heavy atom. The van der Waals surface area contributed by atoms with E-state index in [1.807, 2.05) is 31.2 Å². The van der Waals surface area contributed by atoms with Crippen LogP contribution in [-0.2, 0) is 4.79 Å². The molecule has 4 heteroatoms. The Kier molecular flexibility index (Phi) is 6.97. The van der Waals surface area contributed by atoms with Gasteiger partial charge in [-0.05, 0) is 43.9 Å². The van der Waals surface area contributed by atoms with Gasteiger partial charge in [0, 0.05) is 20.2 Å². The van der Waals surface area contributed by atoms with Gasteiger partial charge in [-0.2, -0.15) is 0 Å². The molecule has 0 heterocycles. The Hall–Kier alpha value is -1.55. The number of ether oxygens (including phenoxy) is 1. The zero-order valence-electron chi connectivity index (χ0n) is 11.8. The number of nitrogens with zero attached hydrogens (tertiary/aromatic N) is 1. The molecule has 1 aromatic rings. The number of likely N-dealkylation sites (N-methyl/N-ethyl adjacent to an activating group) is 1. The summed E-state index contributed by atoms with van der Waals surface area (Å²) in [6.07, 6.45) is 2.64. The highest BCUT2D eigenvalue weighted by atomic mass is 16.5. The van der Waals surface area contributed by atoms with Crippen molar-refractivity contribution in [3.05, 3.63) is 29.8 Å². The minimum atomic E-state index is -0.0227. The van der Waals surface area contributed by atoms with E-state index in [1.54, 1.807) is 11.9 Å². The summed E-state index contributed by atoms with van der Waals surface area (Å²) in [6, 6.07) is 7.66. The Balaban J connectivity index is 2.26. The summed E-state index contributed by atoms with van der Waals surface area (Å²) in [4.78, 5) is 13.5. The summed E-state index contributed by atoms with van der Waals surface area (Å²) < 4.78 is 5.47. The maximum atomic E-state index is 11.8. The third kappa shape index (κ3) is 6.25.